The Morgan fingerprint density at radius 3 is 2.32 bits per heavy atom. The highest BCUT2D eigenvalue weighted by molar-refractivity contribution is 7.99. The van der Waals surface area contributed by atoms with E-state index in [1.807, 2.05) is 0 Å². The molecule has 0 aliphatic carbocycles. The first-order valence-electron chi connectivity index (χ1n) is 9.13. The molecule has 2 aromatic carbocycles. The van der Waals surface area contributed by atoms with E-state index in [9.17, 15) is 18.0 Å². The fraction of sp³-hybridized carbons (Fsp3) is 0.190. The van der Waals surface area contributed by atoms with Crippen LogP contribution in [-0.2, 0) is 12.6 Å². The summed E-state index contributed by atoms with van der Waals surface area (Å²) in [5.41, 5.74) is 0.363. The number of nitrogens with zero attached hydrogens (tertiary/aromatic N) is 2. The Balaban J connectivity index is 1.57. The molecule has 31 heavy (non-hydrogen) atoms. The standard InChI is InChI=1S/C21H16Cl2F3N3OS/c22-15-7-9-16(10-8-15)31-20-17(12-18(23)28-29-20)19(30)27-11-1-2-13-3-5-14(6-4-13)21(24,25)26/h3-10,12H,1-2,11H2,(H,27,30). The maximum Gasteiger partial charge on any atom is 0.416 e. The van der Waals surface area contributed by atoms with E-state index in [-0.39, 0.29) is 16.6 Å². The van der Waals surface area contributed by atoms with Crippen LogP contribution in [0.4, 0.5) is 13.2 Å². The summed E-state index contributed by atoms with van der Waals surface area (Å²) in [6.07, 6.45) is -3.27. The van der Waals surface area contributed by atoms with Crippen LogP contribution in [0, 0.1) is 0 Å². The second-order valence-electron chi connectivity index (χ2n) is 6.50. The molecule has 1 N–H and O–H groups in total. The number of alkyl halides is 3. The summed E-state index contributed by atoms with van der Waals surface area (Å²) in [5.74, 6) is -0.360. The number of amides is 1. The van der Waals surface area contributed by atoms with E-state index in [2.05, 4.69) is 15.5 Å². The van der Waals surface area contributed by atoms with Crippen LogP contribution in [0.2, 0.25) is 10.2 Å². The molecule has 0 spiro atoms. The molecule has 0 radical (unpaired) electrons. The SMILES string of the molecule is O=C(NCCCc1ccc(C(F)(F)F)cc1)c1cc(Cl)nnc1Sc1ccc(Cl)cc1. The van der Waals surface area contributed by atoms with Gasteiger partial charge >= 0.3 is 6.18 Å². The average molecular weight is 486 g/mol. The highest BCUT2D eigenvalue weighted by Gasteiger charge is 2.29. The Hall–Kier alpha value is -2.29. The van der Waals surface area contributed by atoms with Crippen molar-refractivity contribution in [2.75, 3.05) is 6.54 Å². The average Bonchev–Trinajstić information content (AvgIpc) is 2.73. The number of rotatable bonds is 7. The van der Waals surface area contributed by atoms with Gasteiger partial charge in [-0.2, -0.15) is 13.2 Å². The molecule has 3 aromatic rings. The zero-order chi connectivity index (χ0) is 22.4. The molecule has 0 aliphatic rings. The minimum Gasteiger partial charge on any atom is -0.352 e. The maximum absolute atomic E-state index is 12.6. The third-order valence-corrected chi connectivity index (χ3v) is 5.65. The van der Waals surface area contributed by atoms with E-state index in [0.29, 0.717) is 29.4 Å². The topological polar surface area (TPSA) is 54.9 Å². The van der Waals surface area contributed by atoms with Crippen LogP contribution < -0.4 is 5.32 Å². The molecule has 0 unspecified atom stereocenters. The van der Waals surface area contributed by atoms with Crippen molar-refractivity contribution in [3.05, 3.63) is 81.5 Å². The molecule has 0 saturated carbocycles. The Labute approximate surface area is 191 Å². The number of carbonyl (C=O) groups excluding carboxylic acids is 1. The first-order valence-corrected chi connectivity index (χ1v) is 10.7. The van der Waals surface area contributed by atoms with E-state index in [1.54, 1.807) is 24.3 Å². The van der Waals surface area contributed by atoms with Crippen LogP contribution in [0.3, 0.4) is 0 Å². The number of aryl methyl sites for hydroxylation is 1. The molecule has 4 nitrogen and oxygen atoms in total. The molecule has 1 heterocycles. The van der Waals surface area contributed by atoms with Crippen molar-refractivity contribution in [3.63, 3.8) is 0 Å². The van der Waals surface area contributed by atoms with Gasteiger partial charge in [0, 0.05) is 16.5 Å². The number of halogens is 5. The van der Waals surface area contributed by atoms with E-state index in [4.69, 9.17) is 23.2 Å². The van der Waals surface area contributed by atoms with E-state index in [0.717, 1.165) is 22.6 Å². The molecular formula is C21H16Cl2F3N3OS. The van der Waals surface area contributed by atoms with Crippen LogP contribution in [0.25, 0.3) is 0 Å². The van der Waals surface area contributed by atoms with E-state index >= 15 is 0 Å². The van der Waals surface area contributed by atoms with Gasteiger partial charge in [0.1, 0.15) is 5.03 Å². The summed E-state index contributed by atoms with van der Waals surface area (Å²) in [4.78, 5) is 13.5. The van der Waals surface area contributed by atoms with Crippen molar-refractivity contribution in [2.24, 2.45) is 0 Å². The molecule has 1 amide bonds. The number of hydrogen-bond donors (Lipinski definition) is 1. The monoisotopic (exact) mass is 485 g/mol. The van der Waals surface area contributed by atoms with Gasteiger partial charge in [-0.15, -0.1) is 10.2 Å². The summed E-state index contributed by atoms with van der Waals surface area (Å²) in [7, 11) is 0. The van der Waals surface area contributed by atoms with Crippen molar-refractivity contribution >= 4 is 40.9 Å². The lowest BCUT2D eigenvalue weighted by molar-refractivity contribution is -0.137. The Kier molecular flexibility index (Phi) is 7.80. The highest BCUT2D eigenvalue weighted by atomic mass is 35.5. The minimum atomic E-state index is -4.35. The molecule has 10 heteroatoms. The first kappa shape index (κ1) is 23.4. The van der Waals surface area contributed by atoms with Gasteiger partial charge in [0.2, 0.25) is 0 Å². The number of benzene rings is 2. The quantitative estimate of drug-likeness (QED) is 0.398. The molecule has 0 aliphatic heterocycles. The third kappa shape index (κ3) is 6.85. The predicted molar refractivity (Wildman–Crippen MR) is 115 cm³/mol. The van der Waals surface area contributed by atoms with E-state index in [1.165, 1.54) is 30.0 Å². The normalized spacial score (nSPS) is 11.4. The van der Waals surface area contributed by atoms with Crippen molar-refractivity contribution in [1.29, 1.82) is 0 Å². The van der Waals surface area contributed by atoms with Crippen molar-refractivity contribution in [1.82, 2.24) is 15.5 Å². The molecular weight excluding hydrogens is 470 g/mol. The van der Waals surface area contributed by atoms with Gasteiger partial charge in [0.25, 0.3) is 5.91 Å². The maximum atomic E-state index is 12.6. The van der Waals surface area contributed by atoms with Crippen LogP contribution in [-0.4, -0.2) is 22.6 Å². The van der Waals surface area contributed by atoms with Gasteiger partial charge in [0.15, 0.2) is 5.15 Å². The highest BCUT2D eigenvalue weighted by Crippen LogP contribution is 2.30. The zero-order valence-corrected chi connectivity index (χ0v) is 18.2. The molecule has 0 atom stereocenters. The van der Waals surface area contributed by atoms with Gasteiger partial charge in [-0.3, -0.25) is 4.79 Å². The second-order valence-corrected chi connectivity index (χ2v) is 8.38. The minimum absolute atomic E-state index is 0.0929. The fourth-order valence-electron chi connectivity index (χ4n) is 2.66. The number of nitrogens with one attached hydrogen (secondary N) is 1. The number of aromatic nitrogens is 2. The smallest absolute Gasteiger partial charge is 0.352 e. The van der Waals surface area contributed by atoms with Crippen LogP contribution in [0.15, 0.2) is 64.5 Å². The second kappa shape index (κ2) is 10.3. The van der Waals surface area contributed by atoms with Gasteiger partial charge in [-0.1, -0.05) is 47.1 Å². The number of carbonyl (C=O) groups is 1. The lowest BCUT2D eigenvalue weighted by Crippen LogP contribution is -2.25. The summed E-state index contributed by atoms with van der Waals surface area (Å²) in [6, 6.07) is 13.5. The first-order chi connectivity index (χ1) is 14.7. The van der Waals surface area contributed by atoms with Gasteiger partial charge in [0.05, 0.1) is 11.1 Å². The molecule has 0 fully saturated rings. The largest absolute Gasteiger partial charge is 0.416 e. The van der Waals surface area contributed by atoms with Crippen LogP contribution in [0.1, 0.15) is 27.9 Å². The Morgan fingerprint density at radius 2 is 1.68 bits per heavy atom. The third-order valence-electron chi connectivity index (χ3n) is 4.21. The molecule has 3 rings (SSSR count). The van der Waals surface area contributed by atoms with E-state index < -0.39 is 11.7 Å². The molecule has 162 valence electrons. The predicted octanol–water partition coefficient (Wildman–Crippen LogP) is 6.32. The van der Waals surface area contributed by atoms with Crippen molar-refractivity contribution in [2.45, 2.75) is 28.9 Å². The van der Waals surface area contributed by atoms with Crippen LogP contribution >= 0.6 is 35.0 Å². The Morgan fingerprint density at radius 1 is 1.00 bits per heavy atom. The van der Waals surface area contributed by atoms with Gasteiger partial charge in [-0.05, 0) is 60.9 Å². The summed E-state index contributed by atoms with van der Waals surface area (Å²) in [5, 5.41) is 11.7. The summed E-state index contributed by atoms with van der Waals surface area (Å²) >= 11 is 13.1. The number of hydrogen-bond acceptors (Lipinski definition) is 4. The van der Waals surface area contributed by atoms with Crippen molar-refractivity contribution < 1.29 is 18.0 Å². The van der Waals surface area contributed by atoms with Gasteiger partial charge in [-0.25, -0.2) is 0 Å². The Bertz CT molecular complexity index is 1050. The summed E-state index contributed by atoms with van der Waals surface area (Å²) < 4.78 is 37.9. The molecule has 0 bridgehead atoms. The van der Waals surface area contributed by atoms with Gasteiger partial charge < -0.3 is 5.32 Å². The summed E-state index contributed by atoms with van der Waals surface area (Å²) in [6.45, 7) is 0.338. The zero-order valence-electron chi connectivity index (χ0n) is 15.9. The lowest BCUT2D eigenvalue weighted by Gasteiger charge is -2.10. The van der Waals surface area contributed by atoms with Crippen LogP contribution in [0.5, 0.6) is 0 Å². The molecule has 1 aromatic heterocycles. The van der Waals surface area contributed by atoms with Crippen molar-refractivity contribution in [3.8, 4) is 0 Å². The fourth-order valence-corrected chi connectivity index (χ4v) is 3.77. The lowest BCUT2D eigenvalue weighted by atomic mass is 10.1. The molecule has 0 saturated heterocycles.